The van der Waals surface area contributed by atoms with Crippen LogP contribution in [0.2, 0.25) is 0 Å². The van der Waals surface area contributed by atoms with Gasteiger partial charge in [0.1, 0.15) is 0 Å². The van der Waals surface area contributed by atoms with E-state index in [1.54, 1.807) is 0 Å². The predicted octanol–water partition coefficient (Wildman–Crippen LogP) is 4.01. The van der Waals surface area contributed by atoms with Crippen molar-refractivity contribution in [3.63, 3.8) is 0 Å². The molecule has 18 heavy (non-hydrogen) atoms. The SMILES string of the molecule is CCNC(Cc1cc(C)ccc1C)CC1CCC1. The molecule has 1 N–H and O–H groups in total. The maximum absolute atomic E-state index is 3.68. The van der Waals surface area contributed by atoms with E-state index in [0.717, 1.165) is 12.5 Å². The van der Waals surface area contributed by atoms with Crippen LogP contribution in [0.3, 0.4) is 0 Å². The van der Waals surface area contributed by atoms with Gasteiger partial charge in [-0.05, 0) is 50.3 Å². The van der Waals surface area contributed by atoms with Crippen molar-refractivity contribution in [1.29, 1.82) is 0 Å². The molecule has 1 aromatic rings. The molecule has 100 valence electrons. The van der Waals surface area contributed by atoms with Gasteiger partial charge in [0.25, 0.3) is 0 Å². The largest absolute Gasteiger partial charge is 0.314 e. The topological polar surface area (TPSA) is 12.0 Å². The first-order valence-corrected chi connectivity index (χ1v) is 7.48. The first kappa shape index (κ1) is 13.6. The lowest BCUT2D eigenvalue weighted by Crippen LogP contribution is -2.34. The average Bonchev–Trinajstić information content (AvgIpc) is 2.28. The van der Waals surface area contributed by atoms with Crippen molar-refractivity contribution in [1.82, 2.24) is 5.32 Å². The Morgan fingerprint density at radius 1 is 1.28 bits per heavy atom. The van der Waals surface area contributed by atoms with Crippen molar-refractivity contribution in [2.24, 2.45) is 5.92 Å². The van der Waals surface area contributed by atoms with Crippen LogP contribution in [-0.4, -0.2) is 12.6 Å². The summed E-state index contributed by atoms with van der Waals surface area (Å²) in [7, 11) is 0. The molecule has 0 radical (unpaired) electrons. The van der Waals surface area contributed by atoms with Crippen molar-refractivity contribution in [3.05, 3.63) is 34.9 Å². The summed E-state index contributed by atoms with van der Waals surface area (Å²) in [5.41, 5.74) is 4.35. The fourth-order valence-electron chi connectivity index (χ4n) is 2.94. The third-order valence-electron chi connectivity index (χ3n) is 4.31. The first-order chi connectivity index (χ1) is 8.69. The number of benzene rings is 1. The third kappa shape index (κ3) is 3.58. The fraction of sp³-hybridized carbons (Fsp3) is 0.647. The number of aryl methyl sites for hydroxylation is 2. The van der Waals surface area contributed by atoms with E-state index in [2.05, 4.69) is 44.3 Å². The highest BCUT2D eigenvalue weighted by molar-refractivity contribution is 5.31. The average molecular weight is 245 g/mol. The minimum atomic E-state index is 0.667. The van der Waals surface area contributed by atoms with Gasteiger partial charge in [0.2, 0.25) is 0 Å². The van der Waals surface area contributed by atoms with Crippen LogP contribution in [0.25, 0.3) is 0 Å². The molecule has 1 aliphatic rings. The molecule has 0 aromatic heterocycles. The molecule has 0 spiro atoms. The number of likely N-dealkylation sites (N-methyl/N-ethyl adjacent to an activating group) is 1. The van der Waals surface area contributed by atoms with Gasteiger partial charge < -0.3 is 5.32 Å². The number of rotatable bonds is 6. The van der Waals surface area contributed by atoms with E-state index in [1.807, 2.05) is 0 Å². The van der Waals surface area contributed by atoms with Gasteiger partial charge in [0, 0.05) is 6.04 Å². The van der Waals surface area contributed by atoms with Crippen LogP contribution in [0.5, 0.6) is 0 Å². The summed E-state index contributed by atoms with van der Waals surface area (Å²) in [6.07, 6.45) is 6.91. The molecule has 0 heterocycles. The maximum Gasteiger partial charge on any atom is 0.0110 e. The summed E-state index contributed by atoms with van der Waals surface area (Å²) in [5, 5.41) is 3.68. The standard InChI is InChI=1S/C17H27N/c1-4-18-17(11-15-6-5-7-15)12-16-10-13(2)8-9-14(16)3/h8-10,15,17-18H,4-7,11-12H2,1-3H3. The molecule has 0 saturated heterocycles. The second kappa shape index (κ2) is 6.38. The Labute approximate surface area is 112 Å². The minimum absolute atomic E-state index is 0.667. The fourth-order valence-corrected chi connectivity index (χ4v) is 2.94. The van der Waals surface area contributed by atoms with Crippen LogP contribution in [-0.2, 0) is 6.42 Å². The first-order valence-electron chi connectivity index (χ1n) is 7.48. The normalized spacial score (nSPS) is 17.5. The molecule has 0 aliphatic heterocycles. The van der Waals surface area contributed by atoms with Gasteiger partial charge in [-0.1, -0.05) is 49.9 Å². The zero-order valence-electron chi connectivity index (χ0n) is 12.1. The third-order valence-corrected chi connectivity index (χ3v) is 4.31. The Hall–Kier alpha value is -0.820. The van der Waals surface area contributed by atoms with Gasteiger partial charge in [-0.25, -0.2) is 0 Å². The number of hydrogen-bond acceptors (Lipinski definition) is 1. The monoisotopic (exact) mass is 245 g/mol. The Bertz CT molecular complexity index is 379. The lowest BCUT2D eigenvalue weighted by atomic mass is 9.79. The van der Waals surface area contributed by atoms with Crippen LogP contribution in [0.4, 0.5) is 0 Å². The zero-order valence-corrected chi connectivity index (χ0v) is 12.1. The number of nitrogens with one attached hydrogen (secondary N) is 1. The van der Waals surface area contributed by atoms with Gasteiger partial charge >= 0.3 is 0 Å². The summed E-state index contributed by atoms with van der Waals surface area (Å²) in [6.45, 7) is 7.73. The summed E-state index contributed by atoms with van der Waals surface area (Å²) in [4.78, 5) is 0. The van der Waals surface area contributed by atoms with E-state index in [9.17, 15) is 0 Å². The van der Waals surface area contributed by atoms with E-state index < -0.39 is 0 Å². The summed E-state index contributed by atoms with van der Waals surface area (Å²) < 4.78 is 0. The molecule has 1 nitrogen and oxygen atoms in total. The molecule has 1 fully saturated rings. The van der Waals surface area contributed by atoms with E-state index in [4.69, 9.17) is 0 Å². The van der Waals surface area contributed by atoms with Crippen molar-refractivity contribution in [2.75, 3.05) is 6.54 Å². The van der Waals surface area contributed by atoms with Crippen LogP contribution in [0, 0.1) is 19.8 Å². The van der Waals surface area contributed by atoms with Crippen molar-refractivity contribution >= 4 is 0 Å². The Morgan fingerprint density at radius 3 is 2.67 bits per heavy atom. The molecule has 1 atom stereocenters. The van der Waals surface area contributed by atoms with Crippen LogP contribution in [0.15, 0.2) is 18.2 Å². The van der Waals surface area contributed by atoms with Crippen LogP contribution in [0.1, 0.15) is 49.3 Å². The quantitative estimate of drug-likeness (QED) is 0.798. The zero-order chi connectivity index (χ0) is 13.0. The van der Waals surface area contributed by atoms with E-state index in [0.29, 0.717) is 6.04 Å². The Kier molecular flexibility index (Phi) is 4.82. The summed E-state index contributed by atoms with van der Waals surface area (Å²) in [5.74, 6) is 0.985. The van der Waals surface area contributed by atoms with Gasteiger partial charge in [0.15, 0.2) is 0 Å². The second-order valence-corrected chi connectivity index (χ2v) is 5.92. The van der Waals surface area contributed by atoms with Crippen LogP contribution < -0.4 is 5.32 Å². The minimum Gasteiger partial charge on any atom is -0.314 e. The van der Waals surface area contributed by atoms with Crippen molar-refractivity contribution in [3.8, 4) is 0 Å². The smallest absolute Gasteiger partial charge is 0.0110 e. The predicted molar refractivity (Wildman–Crippen MR) is 79.0 cm³/mol. The van der Waals surface area contributed by atoms with E-state index in [-0.39, 0.29) is 0 Å². The molecule has 0 bridgehead atoms. The van der Waals surface area contributed by atoms with Crippen molar-refractivity contribution < 1.29 is 0 Å². The molecule has 1 aromatic carbocycles. The molecule has 1 heteroatoms. The highest BCUT2D eigenvalue weighted by Crippen LogP contribution is 2.31. The molecule has 1 saturated carbocycles. The van der Waals surface area contributed by atoms with Gasteiger partial charge in [-0.3, -0.25) is 0 Å². The summed E-state index contributed by atoms with van der Waals surface area (Å²) in [6, 6.07) is 7.51. The van der Waals surface area contributed by atoms with E-state index >= 15 is 0 Å². The molecule has 2 rings (SSSR count). The molecule has 1 unspecified atom stereocenters. The number of hydrogen-bond donors (Lipinski definition) is 1. The van der Waals surface area contributed by atoms with Gasteiger partial charge in [-0.15, -0.1) is 0 Å². The highest BCUT2D eigenvalue weighted by atomic mass is 14.9. The lowest BCUT2D eigenvalue weighted by Gasteiger charge is -2.30. The van der Waals surface area contributed by atoms with Gasteiger partial charge in [0.05, 0.1) is 0 Å². The molecular formula is C17H27N. The van der Waals surface area contributed by atoms with Crippen LogP contribution >= 0.6 is 0 Å². The molecule has 0 amide bonds. The van der Waals surface area contributed by atoms with E-state index in [1.165, 1.54) is 48.8 Å². The Morgan fingerprint density at radius 2 is 2.06 bits per heavy atom. The Balaban J connectivity index is 1.99. The molecular weight excluding hydrogens is 218 g/mol. The maximum atomic E-state index is 3.68. The van der Waals surface area contributed by atoms with Gasteiger partial charge in [-0.2, -0.15) is 0 Å². The lowest BCUT2D eigenvalue weighted by molar-refractivity contribution is 0.260. The molecule has 1 aliphatic carbocycles. The second-order valence-electron chi connectivity index (χ2n) is 5.92. The van der Waals surface area contributed by atoms with Crippen molar-refractivity contribution in [2.45, 2.75) is 58.9 Å². The highest BCUT2D eigenvalue weighted by Gasteiger charge is 2.22. The summed E-state index contributed by atoms with van der Waals surface area (Å²) >= 11 is 0.